The molecule has 0 amide bonds. The van der Waals surface area contributed by atoms with E-state index in [1.165, 1.54) is 32.1 Å². The van der Waals surface area contributed by atoms with Crippen molar-refractivity contribution in [3.8, 4) is 0 Å². The summed E-state index contributed by atoms with van der Waals surface area (Å²) in [6.07, 6.45) is 8.16. The van der Waals surface area contributed by atoms with Gasteiger partial charge in [0.15, 0.2) is 0 Å². The van der Waals surface area contributed by atoms with Gasteiger partial charge in [-0.15, -0.1) is 0 Å². The number of carbonyl (C=O) groups excluding carboxylic acids is 1. The number of hydrogen-bond donors (Lipinski definition) is 1. The minimum atomic E-state index is -1.44. The third-order valence-corrected chi connectivity index (χ3v) is 1.66. The summed E-state index contributed by atoms with van der Waals surface area (Å²) < 4.78 is 0. The molecular formula is C9H16CuO3. The van der Waals surface area contributed by atoms with E-state index in [-0.39, 0.29) is 17.1 Å². The van der Waals surface area contributed by atoms with Crippen molar-refractivity contribution in [1.82, 2.24) is 0 Å². The summed E-state index contributed by atoms with van der Waals surface area (Å²) in [6.45, 7) is 1.13. The maximum atomic E-state index is 9.34. The van der Waals surface area contributed by atoms with Crippen molar-refractivity contribution in [3.05, 3.63) is 6.42 Å². The van der Waals surface area contributed by atoms with Crippen LogP contribution < -0.4 is 5.11 Å². The first-order valence-electron chi connectivity index (χ1n) is 4.35. The predicted octanol–water partition coefficient (Wildman–Crippen LogP) is 0.269. The van der Waals surface area contributed by atoms with Crippen molar-refractivity contribution in [1.29, 1.82) is 0 Å². The Morgan fingerprint density at radius 2 is 1.77 bits per heavy atom. The molecule has 0 heterocycles. The number of hydrogen-bond acceptors (Lipinski definition) is 3. The summed E-state index contributed by atoms with van der Waals surface area (Å²) in [7, 11) is 0. The van der Waals surface area contributed by atoms with Crippen molar-refractivity contribution in [3.63, 3.8) is 0 Å². The molecule has 4 heteroatoms. The SMILES string of the molecule is CC(O)C(=O)[O-].[CH-]1CCCCC1.[Cu+2]. The van der Waals surface area contributed by atoms with Crippen LogP contribution in [-0.4, -0.2) is 17.2 Å². The zero-order chi connectivity index (χ0) is 9.40. The van der Waals surface area contributed by atoms with Crippen molar-refractivity contribution < 1.29 is 32.1 Å². The van der Waals surface area contributed by atoms with Gasteiger partial charge in [0.25, 0.3) is 0 Å². The van der Waals surface area contributed by atoms with Gasteiger partial charge in [0, 0.05) is 0 Å². The van der Waals surface area contributed by atoms with Gasteiger partial charge in [-0.1, -0.05) is 19.3 Å². The van der Waals surface area contributed by atoms with Gasteiger partial charge in [-0.2, -0.15) is 12.8 Å². The van der Waals surface area contributed by atoms with Gasteiger partial charge < -0.3 is 21.4 Å². The molecule has 0 spiro atoms. The normalized spacial score (nSPS) is 17.4. The standard InChI is InChI=1S/C6H11.C3H6O3.Cu/c1-2-4-6-5-3-1;1-2(4)3(5)6;/h1H,2-6H2;2,4H,1H3,(H,5,6);/q-1;;+2/p-1. The van der Waals surface area contributed by atoms with Crippen molar-refractivity contribution in [2.24, 2.45) is 0 Å². The number of aliphatic hydroxyl groups excluding tert-OH is 1. The second-order valence-corrected chi connectivity index (χ2v) is 2.92. The maximum Gasteiger partial charge on any atom is 2.00 e. The molecule has 0 saturated heterocycles. The molecule has 1 N–H and O–H groups in total. The first kappa shape index (κ1) is 15.4. The zero-order valence-corrected chi connectivity index (χ0v) is 8.70. The van der Waals surface area contributed by atoms with E-state index in [9.17, 15) is 9.90 Å². The Hall–Kier alpha value is -0.0505. The molecule has 0 aliphatic heterocycles. The number of aliphatic carboxylic acids is 1. The van der Waals surface area contributed by atoms with E-state index in [0.717, 1.165) is 6.92 Å². The number of rotatable bonds is 1. The zero-order valence-electron chi connectivity index (χ0n) is 7.76. The largest absolute Gasteiger partial charge is 2.00 e. The molecular weight excluding hydrogens is 220 g/mol. The fraction of sp³-hybridized carbons (Fsp3) is 0.778. The summed E-state index contributed by atoms with van der Waals surface area (Å²) in [5.41, 5.74) is 0. The quantitative estimate of drug-likeness (QED) is 0.524. The third kappa shape index (κ3) is 11.9. The minimum Gasteiger partial charge on any atom is -0.547 e. The first-order valence-corrected chi connectivity index (χ1v) is 4.35. The van der Waals surface area contributed by atoms with Crippen LogP contribution >= 0.6 is 0 Å². The Kier molecular flexibility index (Phi) is 11.9. The molecule has 0 aromatic carbocycles. The predicted molar refractivity (Wildman–Crippen MR) is 44.1 cm³/mol. The van der Waals surface area contributed by atoms with E-state index in [4.69, 9.17) is 5.11 Å². The van der Waals surface area contributed by atoms with Crippen molar-refractivity contribution in [2.75, 3.05) is 0 Å². The topological polar surface area (TPSA) is 60.4 Å². The van der Waals surface area contributed by atoms with Crippen molar-refractivity contribution >= 4 is 5.97 Å². The Morgan fingerprint density at radius 3 is 1.85 bits per heavy atom. The molecule has 1 saturated carbocycles. The monoisotopic (exact) mass is 235 g/mol. The van der Waals surface area contributed by atoms with Gasteiger partial charge in [-0.25, -0.2) is 0 Å². The third-order valence-electron chi connectivity index (χ3n) is 1.66. The van der Waals surface area contributed by atoms with Crippen LogP contribution in [0.25, 0.3) is 0 Å². The second kappa shape index (κ2) is 10.0. The fourth-order valence-electron chi connectivity index (χ4n) is 0.898. The van der Waals surface area contributed by atoms with Gasteiger partial charge >= 0.3 is 17.1 Å². The summed E-state index contributed by atoms with van der Waals surface area (Å²) in [4.78, 5) is 9.34. The summed E-state index contributed by atoms with van der Waals surface area (Å²) >= 11 is 0. The molecule has 81 valence electrons. The molecule has 1 atom stereocenters. The number of carbonyl (C=O) groups is 1. The first-order chi connectivity index (χ1) is 5.64. The Bertz CT molecular complexity index is 111. The van der Waals surface area contributed by atoms with E-state index in [1.54, 1.807) is 0 Å². The van der Waals surface area contributed by atoms with Crippen LogP contribution in [0.2, 0.25) is 0 Å². The molecule has 0 bridgehead atoms. The minimum absolute atomic E-state index is 0. The van der Waals surface area contributed by atoms with Gasteiger partial charge in [-0.3, -0.25) is 0 Å². The van der Waals surface area contributed by atoms with Crippen LogP contribution in [-0.2, 0) is 21.9 Å². The number of carboxylic acid groups (broad SMARTS) is 1. The second-order valence-electron chi connectivity index (χ2n) is 2.92. The fourth-order valence-corrected chi connectivity index (χ4v) is 0.898. The molecule has 1 rings (SSSR count). The van der Waals surface area contributed by atoms with E-state index >= 15 is 0 Å². The van der Waals surface area contributed by atoms with E-state index in [2.05, 4.69) is 6.42 Å². The van der Waals surface area contributed by atoms with Crippen LogP contribution in [0.3, 0.4) is 0 Å². The van der Waals surface area contributed by atoms with Crippen molar-refractivity contribution in [2.45, 2.75) is 45.1 Å². The molecule has 0 aromatic heterocycles. The average Bonchev–Trinajstić information content (AvgIpc) is 2.08. The molecule has 1 aliphatic carbocycles. The van der Waals surface area contributed by atoms with Gasteiger partial charge in [0.05, 0.1) is 12.1 Å². The average molecular weight is 236 g/mol. The molecule has 3 nitrogen and oxygen atoms in total. The maximum absolute atomic E-state index is 9.34. The molecule has 0 aromatic rings. The van der Waals surface area contributed by atoms with Crippen LogP contribution in [0, 0.1) is 6.42 Å². The molecule has 1 unspecified atom stereocenters. The molecule has 1 fully saturated rings. The van der Waals surface area contributed by atoms with Crippen LogP contribution in [0.4, 0.5) is 0 Å². The Balaban J connectivity index is 0. The van der Waals surface area contributed by atoms with E-state index < -0.39 is 12.1 Å². The summed E-state index contributed by atoms with van der Waals surface area (Å²) in [6, 6.07) is 0. The molecule has 13 heavy (non-hydrogen) atoms. The summed E-state index contributed by atoms with van der Waals surface area (Å²) in [5.74, 6) is -1.44. The Labute approximate surface area is 90.0 Å². The Morgan fingerprint density at radius 1 is 1.38 bits per heavy atom. The van der Waals surface area contributed by atoms with Crippen LogP contribution in [0.1, 0.15) is 39.0 Å². The number of aliphatic hydroxyl groups is 1. The van der Waals surface area contributed by atoms with Gasteiger partial charge in [-0.05, 0) is 6.92 Å². The van der Waals surface area contributed by atoms with Crippen LogP contribution in [0.5, 0.6) is 0 Å². The number of carboxylic acids is 1. The molecule has 1 radical (unpaired) electrons. The van der Waals surface area contributed by atoms with E-state index in [0.29, 0.717) is 0 Å². The van der Waals surface area contributed by atoms with Gasteiger partial charge in [0.1, 0.15) is 0 Å². The van der Waals surface area contributed by atoms with E-state index in [1.807, 2.05) is 0 Å². The molecule has 1 aliphatic rings. The van der Waals surface area contributed by atoms with Crippen LogP contribution in [0.15, 0.2) is 0 Å². The van der Waals surface area contributed by atoms with Gasteiger partial charge in [0.2, 0.25) is 0 Å². The summed E-state index contributed by atoms with van der Waals surface area (Å²) in [5, 5.41) is 17.3. The smallest absolute Gasteiger partial charge is 0.547 e.